The Morgan fingerprint density at radius 3 is 2.36 bits per heavy atom. The minimum Gasteiger partial charge on any atom is -0.353 e. The first-order valence-electron chi connectivity index (χ1n) is 9.36. The van der Waals surface area contributed by atoms with Crippen molar-refractivity contribution in [3.63, 3.8) is 0 Å². The lowest BCUT2D eigenvalue weighted by Crippen LogP contribution is -2.46. The van der Waals surface area contributed by atoms with E-state index in [0.717, 1.165) is 34.4 Å². The van der Waals surface area contributed by atoms with Gasteiger partial charge in [-0.15, -0.1) is 0 Å². The highest BCUT2D eigenvalue weighted by Gasteiger charge is 2.61. The van der Waals surface area contributed by atoms with Crippen molar-refractivity contribution in [3.8, 4) is 0 Å². The Morgan fingerprint density at radius 1 is 1.24 bits per heavy atom. The van der Waals surface area contributed by atoms with Gasteiger partial charge in [-0.3, -0.25) is 4.79 Å². The maximum atomic E-state index is 12.6. The van der Waals surface area contributed by atoms with Gasteiger partial charge in [-0.1, -0.05) is 32.5 Å². The number of amides is 1. The molecule has 1 N–H and O–H groups in total. The molecule has 2 saturated carbocycles. The number of nitrogens with one attached hydrogen (secondary N) is 1. The van der Waals surface area contributed by atoms with Crippen LogP contribution in [0.1, 0.15) is 63.4 Å². The van der Waals surface area contributed by atoms with Crippen molar-refractivity contribution in [2.45, 2.75) is 77.9 Å². The van der Waals surface area contributed by atoms with Crippen LogP contribution in [0.15, 0.2) is 5.16 Å². The normalized spacial score (nSPS) is 29.8. The Hall–Kier alpha value is -1.10. The number of hydrogen-bond donors (Lipinski definition) is 1. The molecule has 2 aliphatic rings. The summed E-state index contributed by atoms with van der Waals surface area (Å²) >= 11 is 1.56. The van der Waals surface area contributed by atoms with E-state index in [1.165, 1.54) is 12.8 Å². The highest BCUT2D eigenvalue weighted by molar-refractivity contribution is 7.98. The van der Waals surface area contributed by atoms with Gasteiger partial charge in [-0.05, 0) is 68.1 Å². The number of carbonyl (C=O) groups excluding carboxylic acids is 1. The van der Waals surface area contributed by atoms with Crippen LogP contribution in [0.4, 0.5) is 0 Å². The number of nitrogens with zero attached hydrogens (tertiary/aromatic N) is 2. The minimum absolute atomic E-state index is 0.169. The number of aromatic nitrogens is 2. The molecular weight excluding hydrogens is 330 g/mol. The number of fused-ring (bicyclic) bond motifs is 2. The number of carbonyl (C=O) groups is 1. The fourth-order valence-corrected chi connectivity index (χ4v) is 5.55. The molecule has 0 radical (unpaired) electrons. The summed E-state index contributed by atoms with van der Waals surface area (Å²) in [4.78, 5) is 21.6. The Labute approximate surface area is 156 Å². The average Bonchev–Trinajstić information content (AvgIpc) is 2.87. The van der Waals surface area contributed by atoms with Gasteiger partial charge in [0.1, 0.15) is 0 Å². The molecule has 25 heavy (non-hydrogen) atoms. The number of thioether (sulfide) groups is 1. The second-order valence-electron chi connectivity index (χ2n) is 8.59. The van der Waals surface area contributed by atoms with Crippen molar-refractivity contribution in [2.24, 2.45) is 16.7 Å². The SMILES string of the molecule is CSc1nc(C)c(CCC(=O)NC2CC3CCC2(C)C3(C)C)c(C)n1. The third-order valence-corrected chi connectivity index (χ3v) is 7.86. The predicted octanol–water partition coefficient (Wildman–Crippen LogP) is 4.08. The lowest BCUT2D eigenvalue weighted by atomic mass is 9.69. The molecule has 0 saturated heterocycles. The van der Waals surface area contributed by atoms with E-state index >= 15 is 0 Å². The van der Waals surface area contributed by atoms with Gasteiger partial charge in [0.15, 0.2) is 5.16 Å². The summed E-state index contributed by atoms with van der Waals surface area (Å²) in [6.45, 7) is 11.2. The fraction of sp³-hybridized carbons (Fsp3) is 0.750. The molecule has 2 bridgehead atoms. The smallest absolute Gasteiger partial charge is 0.220 e. The summed E-state index contributed by atoms with van der Waals surface area (Å²) in [5, 5.41) is 4.16. The molecule has 1 aromatic rings. The molecule has 0 aromatic carbocycles. The van der Waals surface area contributed by atoms with Gasteiger partial charge >= 0.3 is 0 Å². The van der Waals surface area contributed by atoms with E-state index in [2.05, 4.69) is 36.1 Å². The Morgan fingerprint density at radius 2 is 1.88 bits per heavy atom. The largest absolute Gasteiger partial charge is 0.353 e. The molecule has 5 heteroatoms. The first-order valence-corrected chi connectivity index (χ1v) is 10.6. The summed E-state index contributed by atoms with van der Waals surface area (Å²) in [6.07, 6.45) is 6.90. The van der Waals surface area contributed by atoms with Crippen LogP contribution in [0.2, 0.25) is 0 Å². The van der Waals surface area contributed by atoms with Crippen LogP contribution in [-0.4, -0.2) is 28.2 Å². The molecular formula is C20H31N3OS. The van der Waals surface area contributed by atoms with Crippen LogP contribution in [0, 0.1) is 30.6 Å². The van der Waals surface area contributed by atoms with Gasteiger partial charge < -0.3 is 5.32 Å². The zero-order chi connectivity index (χ0) is 18.4. The van der Waals surface area contributed by atoms with Gasteiger partial charge in [0.05, 0.1) is 0 Å². The van der Waals surface area contributed by atoms with Crippen LogP contribution in [-0.2, 0) is 11.2 Å². The van der Waals surface area contributed by atoms with Crippen molar-refractivity contribution < 1.29 is 4.79 Å². The van der Waals surface area contributed by atoms with E-state index in [1.54, 1.807) is 11.8 Å². The van der Waals surface area contributed by atoms with E-state index < -0.39 is 0 Å². The van der Waals surface area contributed by atoms with Gasteiger partial charge in [0.2, 0.25) is 5.91 Å². The molecule has 2 aliphatic carbocycles. The lowest BCUT2D eigenvalue weighted by molar-refractivity contribution is -0.122. The number of aryl methyl sites for hydroxylation is 2. The molecule has 2 fully saturated rings. The van der Waals surface area contributed by atoms with Crippen molar-refractivity contribution in [3.05, 3.63) is 17.0 Å². The summed E-state index contributed by atoms with van der Waals surface area (Å²) < 4.78 is 0. The van der Waals surface area contributed by atoms with Gasteiger partial charge in [0, 0.05) is 23.9 Å². The Bertz CT molecular complexity index is 665. The van der Waals surface area contributed by atoms with E-state index in [-0.39, 0.29) is 11.3 Å². The standard InChI is InChI=1S/C20H31N3OS/c1-12-15(13(2)22-18(21-12)25-6)7-8-17(24)23-16-11-14-9-10-20(16,5)19(14,3)4/h14,16H,7-11H2,1-6H3,(H,23,24). The van der Waals surface area contributed by atoms with E-state index in [0.29, 0.717) is 24.3 Å². The Kier molecular flexibility index (Phi) is 4.91. The van der Waals surface area contributed by atoms with Gasteiger partial charge in [-0.2, -0.15) is 0 Å². The summed E-state index contributed by atoms with van der Waals surface area (Å²) in [5.41, 5.74) is 3.68. The second kappa shape index (κ2) is 6.57. The molecule has 3 rings (SSSR count). The van der Waals surface area contributed by atoms with Crippen molar-refractivity contribution in [1.82, 2.24) is 15.3 Å². The molecule has 4 nitrogen and oxygen atoms in total. The number of hydrogen-bond acceptors (Lipinski definition) is 4. The quantitative estimate of drug-likeness (QED) is 0.634. The molecule has 0 aliphatic heterocycles. The highest BCUT2D eigenvalue weighted by Crippen LogP contribution is 2.65. The maximum absolute atomic E-state index is 12.6. The molecule has 1 heterocycles. The average molecular weight is 362 g/mol. The highest BCUT2D eigenvalue weighted by atomic mass is 32.2. The first-order chi connectivity index (χ1) is 11.7. The predicted molar refractivity (Wildman–Crippen MR) is 103 cm³/mol. The fourth-order valence-electron chi connectivity index (χ4n) is 5.09. The summed E-state index contributed by atoms with van der Waals surface area (Å²) in [7, 11) is 0. The number of rotatable bonds is 5. The van der Waals surface area contributed by atoms with Crippen molar-refractivity contribution in [1.29, 1.82) is 0 Å². The van der Waals surface area contributed by atoms with E-state index in [9.17, 15) is 4.79 Å². The van der Waals surface area contributed by atoms with Crippen LogP contribution in [0.25, 0.3) is 0 Å². The topological polar surface area (TPSA) is 54.9 Å². The molecule has 138 valence electrons. The van der Waals surface area contributed by atoms with Crippen molar-refractivity contribution >= 4 is 17.7 Å². The van der Waals surface area contributed by atoms with Crippen LogP contribution in [0.3, 0.4) is 0 Å². The van der Waals surface area contributed by atoms with Gasteiger partial charge in [0.25, 0.3) is 0 Å². The van der Waals surface area contributed by atoms with E-state index in [1.807, 2.05) is 20.1 Å². The summed E-state index contributed by atoms with van der Waals surface area (Å²) in [6, 6.07) is 0.325. The third kappa shape index (κ3) is 3.09. The first kappa shape index (κ1) is 18.7. The third-order valence-electron chi connectivity index (χ3n) is 7.31. The second-order valence-corrected chi connectivity index (χ2v) is 9.36. The van der Waals surface area contributed by atoms with E-state index in [4.69, 9.17) is 0 Å². The van der Waals surface area contributed by atoms with Crippen LogP contribution >= 0.6 is 11.8 Å². The molecule has 3 atom stereocenters. The maximum Gasteiger partial charge on any atom is 0.220 e. The molecule has 0 spiro atoms. The van der Waals surface area contributed by atoms with Crippen LogP contribution in [0.5, 0.6) is 0 Å². The zero-order valence-corrected chi connectivity index (χ0v) is 17.2. The summed E-state index contributed by atoms with van der Waals surface area (Å²) in [5.74, 6) is 0.919. The van der Waals surface area contributed by atoms with Crippen molar-refractivity contribution in [2.75, 3.05) is 6.26 Å². The molecule has 1 amide bonds. The Balaban J connectivity index is 1.62. The zero-order valence-electron chi connectivity index (χ0n) is 16.4. The molecule has 1 aromatic heterocycles. The molecule has 3 unspecified atom stereocenters. The van der Waals surface area contributed by atoms with Gasteiger partial charge in [-0.25, -0.2) is 9.97 Å². The van der Waals surface area contributed by atoms with Crippen LogP contribution < -0.4 is 5.32 Å². The lowest BCUT2D eigenvalue weighted by Gasteiger charge is -2.39. The minimum atomic E-state index is 0.169. The monoisotopic (exact) mass is 361 g/mol.